The SMILES string of the molecule is CCO[C@H]1CN(C(=O)CCN)C[C@H]1O. The molecule has 0 radical (unpaired) electrons. The minimum atomic E-state index is -0.559. The van der Waals surface area contributed by atoms with Crippen LogP contribution in [0.1, 0.15) is 13.3 Å². The maximum atomic E-state index is 11.4. The Morgan fingerprint density at radius 2 is 2.36 bits per heavy atom. The third-order valence-electron chi connectivity index (χ3n) is 2.33. The molecule has 1 saturated heterocycles. The predicted octanol–water partition coefficient (Wildman–Crippen LogP) is -1.06. The van der Waals surface area contributed by atoms with Crippen LogP contribution in [0.15, 0.2) is 0 Å². The zero-order valence-corrected chi connectivity index (χ0v) is 8.48. The van der Waals surface area contributed by atoms with E-state index < -0.39 is 6.10 Å². The van der Waals surface area contributed by atoms with Crippen molar-refractivity contribution < 1.29 is 14.6 Å². The number of amides is 1. The Kier molecular flexibility index (Phi) is 4.31. The zero-order chi connectivity index (χ0) is 10.6. The number of nitrogens with zero attached hydrogens (tertiary/aromatic N) is 1. The number of aliphatic hydroxyl groups excluding tert-OH is 1. The Hall–Kier alpha value is -0.650. The van der Waals surface area contributed by atoms with Gasteiger partial charge in [0.15, 0.2) is 0 Å². The Balaban J connectivity index is 2.41. The van der Waals surface area contributed by atoms with Gasteiger partial charge in [0.1, 0.15) is 6.10 Å². The van der Waals surface area contributed by atoms with Crippen LogP contribution in [0.25, 0.3) is 0 Å². The van der Waals surface area contributed by atoms with Gasteiger partial charge in [0.2, 0.25) is 5.91 Å². The van der Waals surface area contributed by atoms with Crippen LogP contribution >= 0.6 is 0 Å². The van der Waals surface area contributed by atoms with Crippen molar-refractivity contribution in [2.24, 2.45) is 5.73 Å². The fourth-order valence-corrected chi connectivity index (χ4v) is 1.62. The fourth-order valence-electron chi connectivity index (χ4n) is 1.62. The lowest BCUT2D eigenvalue weighted by atomic mass is 10.3. The second-order valence-corrected chi connectivity index (χ2v) is 3.40. The molecule has 1 rings (SSSR count). The Morgan fingerprint density at radius 3 is 2.93 bits per heavy atom. The van der Waals surface area contributed by atoms with Crippen LogP contribution in [0.4, 0.5) is 0 Å². The monoisotopic (exact) mass is 202 g/mol. The summed E-state index contributed by atoms with van der Waals surface area (Å²) in [4.78, 5) is 13.0. The fraction of sp³-hybridized carbons (Fsp3) is 0.889. The van der Waals surface area contributed by atoms with Gasteiger partial charge in [-0.2, -0.15) is 0 Å². The summed E-state index contributed by atoms with van der Waals surface area (Å²) in [5.74, 6) is -0.00578. The minimum Gasteiger partial charge on any atom is -0.388 e. The van der Waals surface area contributed by atoms with Gasteiger partial charge in [0.05, 0.1) is 6.10 Å². The molecule has 3 N–H and O–H groups in total. The number of carbonyl (C=O) groups excluding carboxylic acids is 1. The molecule has 14 heavy (non-hydrogen) atoms. The highest BCUT2D eigenvalue weighted by Gasteiger charge is 2.33. The van der Waals surface area contributed by atoms with Crippen LogP contribution in [0.5, 0.6) is 0 Å². The quantitative estimate of drug-likeness (QED) is 0.609. The van der Waals surface area contributed by atoms with E-state index in [4.69, 9.17) is 10.5 Å². The largest absolute Gasteiger partial charge is 0.388 e. The van der Waals surface area contributed by atoms with Gasteiger partial charge in [0, 0.05) is 32.7 Å². The van der Waals surface area contributed by atoms with Crippen molar-refractivity contribution in [1.29, 1.82) is 0 Å². The van der Waals surface area contributed by atoms with E-state index in [1.807, 2.05) is 6.92 Å². The van der Waals surface area contributed by atoms with Crippen LogP contribution < -0.4 is 5.73 Å². The molecule has 1 amide bonds. The molecular formula is C9H18N2O3. The molecule has 1 aliphatic rings. The van der Waals surface area contributed by atoms with Crippen molar-refractivity contribution in [3.63, 3.8) is 0 Å². The molecule has 0 aromatic heterocycles. The highest BCUT2D eigenvalue weighted by atomic mass is 16.5. The Labute approximate surface area is 83.8 Å². The molecule has 1 fully saturated rings. The van der Waals surface area contributed by atoms with Gasteiger partial charge in [-0.15, -0.1) is 0 Å². The van der Waals surface area contributed by atoms with Crippen LogP contribution in [-0.4, -0.2) is 54.4 Å². The lowest BCUT2D eigenvalue weighted by Crippen LogP contribution is -2.31. The van der Waals surface area contributed by atoms with Crippen molar-refractivity contribution in [3.8, 4) is 0 Å². The summed E-state index contributed by atoms with van der Waals surface area (Å²) in [5, 5.41) is 9.56. The van der Waals surface area contributed by atoms with Gasteiger partial charge in [-0.1, -0.05) is 0 Å². The highest BCUT2D eigenvalue weighted by Crippen LogP contribution is 2.14. The minimum absolute atomic E-state index is 0.00578. The number of carbonyl (C=O) groups is 1. The molecule has 1 aliphatic heterocycles. The normalized spacial score (nSPS) is 26.9. The van der Waals surface area contributed by atoms with Gasteiger partial charge in [-0.05, 0) is 6.92 Å². The van der Waals surface area contributed by atoms with Crippen molar-refractivity contribution in [3.05, 3.63) is 0 Å². The van der Waals surface area contributed by atoms with Crippen LogP contribution in [0, 0.1) is 0 Å². The first-order valence-electron chi connectivity index (χ1n) is 4.96. The molecule has 5 nitrogen and oxygen atoms in total. The molecule has 5 heteroatoms. The smallest absolute Gasteiger partial charge is 0.224 e. The summed E-state index contributed by atoms with van der Waals surface area (Å²) in [7, 11) is 0. The number of β-amino-alcohol motifs (C(OH)–C–C–N with tert-alkyl or cyclic N) is 1. The van der Waals surface area contributed by atoms with Gasteiger partial charge >= 0.3 is 0 Å². The van der Waals surface area contributed by atoms with Crippen LogP contribution in [-0.2, 0) is 9.53 Å². The van der Waals surface area contributed by atoms with Gasteiger partial charge in [0.25, 0.3) is 0 Å². The summed E-state index contributed by atoms with van der Waals surface area (Å²) in [6.45, 7) is 3.62. The average Bonchev–Trinajstić information content (AvgIpc) is 2.49. The Morgan fingerprint density at radius 1 is 1.64 bits per heavy atom. The summed E-state index contributed by atoms with van der Waals surface area (Å²) in [6.07, 6.45) is -0.454. The first-order valence-corrected chi connectivity index (χ1v) is 4.96. The number of hydrogen-bond acceptors (Lipinski definition) is 4. The van der Waals surface area contributed by atoms with Gasteiger partial charge in [-0.3, -0.25) is 4.79 Å². The van der Waals surface area contributed by atoms with Crippen molar-refractivity contribution in [2.45, 2.75) is 25.6 Å². The molecule has 0 bridgehead atoms. The number of rotatable bonds is 4. The maximum absolute atomic E-state index is 11.4. The van der Waals surface area contributed by atoms with Crippen LogP contribution in [0.2, 0.25) is 0 Å². The maximum Gasteiger partial charge on any atom is 0.224 e. The predicted molar refractivity (Wildman–Crippen MR) is 51.7 cm³/mol. The van der Waals surface area contributed by atoms with E-state index in [1.54, 1.807) is 4.90 Å². The van der Waals surface area contributed by atoms with Crippen molar-refractivity contribution in [2.75, 3.05) is 26.2 Å². The van der Waals surface area contributed by atoms with E-state index >= 15 is 0 Å². The molecule has 0 spiro atoms. The standard InChI is InChI=1S/C9H18N2O3/c1-2-14-8-6-11(5-7(8)12)9(13)3-4-10/h7-8,12H,2-6,10H2,1H3/t7-,8+/m1/s1. The third kappa shape index (κ3) is 2.67. The summed E-state index contributed by atoms with van der Waals surface area (Å²) in [5.41, 5.74) is 5.28. The van der Waals surface area contributed by atoms with E-state index in [-0.39, 0.29) is 12.0 Å². The van der Waals surface area contributed by atoms with Gasteiger partial charge in [-0.25, -0.2) is 0 Å². The number of hydrogen-bond donors (Lipinski definition) is 2. The first kappa shape index (κ1) is 11.4. The third-order valence-corrected chi connectivity index (χ3v) is 2.33. The first-order chi connectivity index (χ1) is 6.69. The molecular weight excluding hydrogens is 184 g/mol. The number of aliphatic hydroxyl groups is 1. The summed E-state index contributed by atoms with van der Waals surface area (Å²) in [6, 6.07) is 0. The highest BCUT2D eigenvalue weighted by molar-refractivity contribution is 5.76. The molecule has 82 valence electrons. The number of nitrogens with two attached hydrogens (primary N) is 1. The summed E-state index contributed by atoms with van der Waals surface area (Å²) >= 11 is 0. The van der Waals surface area contributed by atoms with Crippen molar-refractivity contribution in [1.82, 2.24) is 4.90 Å². The van der Waals surface area contributed by atoms with E-state index in [1.165, 1.54) is 0 Å². The topological polar surface area (TPSA) is 75.8 Å². The number of likely N-dealkylation sites (tertiary alicyclic amines) is 1. The van der Waals surface area contributed by atoms with E-state index in [9.17, 15) is 9.90 Å². The van der Waals surface area contributed by atoms with E-state index in [2.05, 4.69) is 0 Å². The second-order valence-electron chi connectivity index (χ2n) is 3.40. The summed E-state index contributed by atoms with van der Waals surface area (Å²) < 4.78 is 5.30. The van der Waals surface area contributed by atoms with E-state index in [0.717, 1.165) is 0 Å². The average molecular weight is 202 g/mol. The second kappa shape index (κ2) is 5.29. The molecule has 1 heterocycles. The molecule has 2 atom stereocenters. The zero-order valence-electron chi connectivity index (χ0n) is 8.48. The lowest BCUT2D eigenvalue weighted by Gasteiger charge is -2.15. The molecule has 0 aromatic rings. The molecule has 0 saturated carbocycles. The van der Waals surface area contributed by atoms with Crippen LogP contribution in [0.3, 0.4) is 0 Å². The Bertz CT molecular complexity index is 198. The van der Waals surface area contributed by atoms with Crippen molar-refractivity contribution >= 4 is 5.91 Å². The van der Waals surface area contributed by atoms with Gasteiger partial charge < -0.3 is 20.5 Å². The lowest BCUT2D eigenvalue weighted by molar-refractivity contribution is -0.130. The molecule has 0 unspecified atom stereocenters. The molecule has 0 aromatic carbocycles. The molecule has 0 aliphatic carbocycles. The number of ether oxygens (including phenoxy) is 1. The van der Waals surface area contributed by atoms with E-state index in [0.29, 0.717) is 32.7 Å².